The zero-order valence-electron chi connectivity index (χ0n) is 19.5. The summed E-state index contributed by atoms with van der Waals surface area (Å²) in [6, 6.07) is 11.2. The Hall–Kier alpha value is -1.37. The molecule has 28 heavy (non-hydrogen) atoms. The molecule has 0 aliphatic carbocycles. The summed E-state index contributed by atoms with van der Waals surface area (Å²) in [6.45, 7) is 19.8. The van der Waals surface area contributed by atoms with Gasteiger partial charge in [0.1, 0.15) is 6.10 Å². The third-order valence-corrected chi connectivity index (χ3v) is 6.06. The van der Waals surface area contributed by atoms with Crippen LogP contribution >= 0.6 is 0 Å². The molecule has 1 heterocycles. The molecule has 1 saturated heterocycles. The quantitative estimate of drug-likeness (QED) is 0.551. The highest BCUT2D eigenvalue weighted by molar-refractivity contribution is 5.29. The number of hydrogen-bond acceptors (Lipinski definition) is 3. The van der Waals surface area contributed by atoms with Crippen LogP contribution in [-0.2, 0) is 10.3 Å². The second kappa shape index (κ2) is 7.81. The van der Waals surface area contributed by atoms with Crippen LogP contribution in [0.15, 0.2) is 24.3 Å². The van der Waals surface area contributed by atoms with Gasteiger partial charge in [0.2, 0.25) is 0 Å². The van der Waals surface area contributed by atoms with Gasteiger partial charge in [-0.25, -0.2) is 0 Å². The molecule has 1 fully saturated rings. The summed E-state index contributed by atoms with van der Waals surface area (Å²) in [5.74, 6) is 0. The molecule has 0 amide bonds. The highest BCUT2D eigenvalue weighted by Crippen LogP contribution is 2.43. The van der Waals surface area contributed by atoms with Crippen molar-refractivity contribution in [2.75, 3.05) is 0 Å². The van der Waals surface area contributed by atoms with E-state index in [1.807, 2.05) is 13.8 Å². The molecule has 0 spiro atoms. The van der Waals surface area contributed by atoms with Gasteiger partial charge < -0.3 is 0 Å². The summed E-state index contributed by atoms with van der Waals surface area (Å²) >= 11 is 0. The zero-order chi connectivity index (χ0) is 21.4. The molecule has 0 bridgehead atoms. The molecule has 156 valence electrons. The molecule has 1 aromatic rings. The number of benzene rings is 1. The van der Waals surface area contributed by atoms with Crippen molar-refractivity contribution in [2.24, 2.45) is 5.41 Å². The molecule has 1 aliphatic heterocycles. The minimum Gasteiger partial charge on any atom is -0.290 e. The highest BCUT2D eigenvalue weighted by Gasteiger charge is 2.44. The molecular formula is C25H40N2O. The van der Waals surface area contributed by atoms with Gasteiger partial charge in [-0.2, -0.15) is 10.3 Å². The van der Waals surface area contributed by atoms with E-state index in [9.17, 15) is 5.26 Å². The summed E-state index contributed by atoms with van der Waals surface area (Å²) in [4.78, 5) is 6.75. The van der Waals surface area contributed by atoms with Crippen molar-refractivity contribution < 1.29 is 4.84 Å². The lowest BCUT2D eigenvalue weighted by Crippen LogP contribution is -2.58. The average molecular weight is 385 g/mol. The lowest BCUT2D eigenvalue weighted by Gasteiger charge is -2.52. The van der Waals surface area contributed by atoms with Crippen molar-refractivity contribution >= 4 is 0 Å². The predicted octanol–water partition coefficient (Wildman–Crippen LogP) is 6.94. The number of rotatable bonds is 5. The lowest BCUT2D eigenvalue weighted by molar-refractivity contribution is -0.310. The molecule has 0 aromatic heterocycles. The Kier molecular flexibility index (Phi) is 6.39. The smallest absolute Gasteiger partial charge is 0.106 e. The van der Waals surface area contributed by atoms with Gasteiger partial charge in [-0.1, -0.05) is 45.0 Å². The van der Waals surface area contributed by atoms with Crippen LogP contribution in [0.5, 0.6) is 0 Å². The van der Waals surface area contributed by atoms with E-state index in [2.05, 4.69) is 83.9 Å². The van der Waals surface area contributed by atoms with E-state index < -0.39 is 5.41 Å². The Morgan fingerprint density at radius 3 is 1.93 bits per heavy atom. The Morgan fingerprint density at radius 2 is 1.50 bits per heavy atom. The summed E-state index contributed by atoms with van der Waals surface area (Å²) in [7, 11) is 0. The van der Waals surface area contributed by atoms with Gasteiger partial charge in [0.25, 0.3) is 0 Å². The monoisotopic (exact) mass is 384 g/mol. The normalized spacial score (nSPS) is 21.1. The van der Waals surface area contributed by atoms with Gasteiger partial charge in [-0.3, -0.25) is 4.84 Å². The van der Waals surface area contributed by atoms with Crippen LogP contribution < -0.4 is 0 Å². The van der Waals surface area contributed by atoms with E-state index >= 15 is 0 Å². The molecule has 1 aliphatic rings. The summed E-state index contributed by atoms with van der Waals surface area (Å²) < 4.78 is 0. The molecule has 1 aromatic carbocycles. The molecule has 1 unspecified atom stereocenters. The van der Waals surface area contributed by atoms with Crippen LogP contribution in [0.1, 0.15) is 105 Å². The fourth-order valence-electron chi connectivity index (χ4n) is 4.31. The van der Waals surface area contributed by atoms with Crippen LogP contribution in [0.3, 0.4) is 0 Å². The van der Waals surface area contributed by atoms with Crippen LogP contribution in [0.2, 0.25) is 0 Å². The molecule has 0 saturated carbocycles. The minimum atomic E-state index is -0.447. The largest absolute Gasteiger partial charge is 0.290 e. The first-order chi connectivity index (χ1) is 12.7. The zero-order valence-corrected chi connectivity index (χ0v) is 19.5. The summed E-state index contributed by atoms with van der Waals surface area (Å²) in [6.07, 6.45) is 3.98. The summed E-state index contributed by atoms with van der Waals surface area (Å²) in [5, 5.41) is 11.9. The van der Waals surface area contributed by atoms with Crippen LogP contribution in [0, 0.1) is 16.7 Å². The molecule has 3 heteroatoms. The van der Waals surface area contributed by atoms with Gasteiger partial charge >= 0.3 is 0 Å². The SMILES string of the molecule is CC(C)(C#N)CC(ON1C(C)(C)CCCC1(C)C)c1ccc(C(C)(C)C)cc1. The van der Waals surface area contributed by atoms with E-state index in [0.29, 0.717) is 6.42 Å². The molecular weight excluding hydrogens is 344 g/mol. The standard InChI is InChI=1S/C25H40N2O/c1-22(2,3)20-13-11-19(12-14-20)21(17-23(4,5)18-26)28-27-24(6,7)15-10-16-25(27,8)9/h11-14,21H,10,15-17H2,1-9H3. The third kappa shape index (κ3) is 5.37. The number of hydrogen-bond donors (Lipinski definition) is 0. The third-order valence-electron chi connectivity index (χ3n) is 6.06. The van der Waals surface area contributed by atoms with Crippen LogP contribution in [0.4, 0.5) is 0 Å². The van der Waals surface area contributed by atoms with Crippen LogP contribution in [0.25, 0.3) is 0 Å². The Balaban J connectivity index is 2.38. The van der Waals surface area contributed by atoms with E-state index in [-0.39, 0.29) is 22.6 Å². The first kappa shape index (κ1) is 22.9. The van der Waals surface area contributed by atoms with Crippen molar-refractivity contribution in [3.8, 4) is 6.07 Å². The lowest BCUT2D eigenvalue weighted by atomic mass is 9.81. The van der Waals surface area contributed by atoms with E-state index in [1.54, 1.807) is 0 Å². The van der Waals surface area contributed by atoms with Gasteiger partial charge in [0.05, 0.1) is 11.5 Å². The van der Waals surface area contributed by atoms with E-state index in [4.69, 9.17) is 4.84 Å². The van der Waals surface area contributed by atoms with Crippen molar-refractivity contribution in [1.82, 2.24) is 5.06 Å². The van der Waals surface area contributed by atoms with Crippen LogP contribution in [-0.4, -0.2) is 16.1 Å². The average Bonchev–Trinajstić information content (AvgIpc) is 2.56. The molecule has 0 N–H and O–H groups in total. The van der Waals surface area contributed by atoms with Crippen molar-refractivity contribution in [3.05, 3.63) is 35.4 Å². The van der Waals surface area contributed by atoms with Gasteiger partial charge in [0.15, 0.2) is 0 Å². The summed E-state index contributed by atoms with van der Waals surface area (Å²) in [5.41, 5.74) is 2.08. The van der Waals surface area contributed by atoms with Crippen molar-refractivity contribution in [2.45, 2.75) is 111 Å². The first-order valence-corrected chi connectivity index (χ1v) is 10.7. The highest BCUT2D eigenvalue weighted by atomic mass is 16.7. The van der Waals surface area contributed by atoms with Gasteiger partial charge in [-0.05, 0) is 83.8 Å². The van der Waals surface area contributed by atoms with E-state index in [0.717, 1.165) is 18.4 Å². The predicted molar refractivity (Wildman–Crippen MR) is 117 cm³/mol. The molecule has 1 atom stereocenters. The minimum absolute atomic E-state index is 0.0257. The fourth-order valence-corrected chi connectivity index (χ4v) is 4.31. The fraction of sp³-hybridized carbons (Fsp3) is 0.720. The second-order valence-corrected chi connectivity index (χ2v) is 11.4. The van der Waals surface area contributed by atoms with Gasteiger partial charge in [-0.15, -0.1) is 0 Å². The maximum absolute atomic E-state index is 9.63. The van der Waals surface area contributed by atoms with Gasteiger partial charge in [0, 0.05) is 11.1 Å². The number of piperidine rings is 1. The maximum Gasteiger partial charge on any atom is 0.106 e. The van der Waals surface area contributed by atoms with Crippen molar-refractivity contribution in [1.29, 1.82) is 5.26 Å². The number of nitriles is 1. The van der Waals surface area contributed by atoms with E-state index in [1.165, 1.54) is 12.0 Å². The number of hydroxylamine groups is 2. The van der Waals surface area contributed by atoms with Crippen molar-refractivity contribution in [3.63, 3.8) is 0 Å². The molecule has 2 rings (SSSR count). The first-order valence-electron chi connectivity index (χ1n) is 10.7. The Bertz CT molecular complexity index is 686. The number of nitrogens with zero attached hydrogens (tertiary/aromatic N) is 2. The molecule has 0 radical (unpaired) electrons. The topological polar surface area (TPSA) is 36.3 Å². The Labute approximate surface area is 173 Å². The maximum atomic E-state index is 9.63. The Morgan fingerprint density at radius 1 is 1.00 bits per heavy atom. The second-order valence-electron chi connectivity index (χ2n) is 11.4. The molecule has 3 nitrogen and oxygen atoms in total.